The summed E-state index contributed by atoms with van der Waals surface area (Å²) >= 11 is 0. The third-order valence-corrected chi connectivity index (χ3v) is 5.94. The number of aromatic amines is 1. The molecule has 4 nitrogen and oxygen atoms in total. The molecule has 1 saturated heterocycles. The van der Waals surface area contributed by atoms with Crippen LogP contribution in [-0.4, -0.2) is 60.5 Å². The molecule has 0 amide bonds. The number of hydrogen-bond donors (Lipinski definition) is 1. The minimum Gasteiger partial charge on any atom is -0.496 e. The number of methoxy groups -OCH3 is 1. The van der Waals surface area contributed by atoms with Crippen LogP contribution >= 0.6 is 0 Å². The Hall–Kier alpha value is -2.44. The van der Waals surface area contributed by atoms with Crippen molar-refractivity contribution in [1.29, 1.82) is 0 Å². The number of ether oxygens (including phenoxy) is 1. The van der Waals surface area contributed by atoms with Crippen LogP contribution in [0.5, 0.6) is 5.75 Å². The Kier molecular flexibility index (Phi) is 9.22. The molecule has 1 unspecified atom stereocenters. The van der Waals surface area contributed by atoms with Crippen LogP contribution in [0.4, 0.5) is 8.78 Å². The number of halogens is 2. The van der Waals surface area contributed by atoms with Crippen LogP contribution in [0.15, 0.2) is 54.3 Å². The molecule has 3 rings (SSSR count). The first-order valence-electron chi connectivity index (χ1n) is 10.7. The molecule has 2 aromatic rings. The zero-order valence-corrected chi connectivity index (χ0v) is 18.9. The fourth-order valence-corrected chi connectivity index (χ4v) is 4.37. The van der Waals surface area contributed by atoms with Crippen LogP contribution in [0.2, 0.25) is 0 Å². The Labute approximate surface area is 191 Å². The maximum atomic E-state index is 13.1. The van der Waals surface area contributed by atoms with Gasteiger partial charge in [-0.25, -0.2) is 8.78 Å². The number of fused-ring (bicyclic) bond motifs is 1. The van der Waals surface area contributed by atoms with Crippen molar-refractivity contribution in [2.75, 3.05) is 33.3 Å². The molecule has 2 heterocycles. The van der Waals surface area contributed by atoms with Crippen LogP contribution in [0.1, 0.15) is 32.4 Å². The number of H-pyrrole nitrogens is 1. The SMILES string of the molecule is C.C=C(C)/C=C\C(=C/C)C1CN(CC(F)F)CCN1Cc1c(OC)cc(C)c2[nH]ccc12. The normalized spacial score (nSPS) is 18.5. The van der Waals surface area contributed by atoms with Crippen LogP contribution in [0.3, 0.4) is 0 Å². The molecule has 1 fully saturated rings. The first-order valence-corrected chi connectivity index (χ1v) is 10.7. The van der Waals surface area contributed by atoms with E-state index in [2.05, 4.69) is 47.7 Å². The molecular formula is C26H37F2N3O. The second kappa shape index (κ2) is 11.4. The minimum atomic E-state index is -2.33. The number of rotatable bonds is 8. The Balaban J connectivity index is 0.00000363. The van der Waals surface area contributed by atoms with Gasteiger partial charge >= 0.3 is 0 Å². The third kappa shape index (κ3) is 5.87. The summed E-state index contributed by atoms with van der Waals surface area (Å²) < 4.78 is 31.9. The van der Waals surface area contributed by atoms with Gasteiger partial charge in [-0.15, -0.1) is 0 Å². The Bertz CT molecular complexity index is 977. The summed E-state index contributed by atoms with van der Waals surface area (Å²) in [6.45, 7) is 12.3. The summed E-state index contributed by atoms with van der Waals surface area (Å²) in [5.74, 6) is 0.859. The second-order valence-corrected chi connectivity index (χ2v) is 8.25. The van der Waals surface area contributed by atoms with Crippen molar-refractivity contribution in [3.05, 3.63) is 65.4 Å². The van der Waals surface area contributed by atoms with E-state index in [-0.39, 0.29) is 20.0 Å². The minimum absolute atomic E-state index is 0. The average Bonchev–Trinajstić information content (AvgIpc) is 3.21. The molecule has 1 atom stereocenters. The van der Waals surface area contributed by atoms with Crippen LogP contribution in [0, 0.1) is 6.92 Å². The van der Waals surface area contributed by atoms with E-state index in [1.165, 1.54) is 0 Å². The monoisotopic (exact) mass is 445 g/mol. The maximum Gasteiger partial charge on any atom is 0.251 e. The van der Waals surface area contributed by atoms with Gasteiger partial charge in [-0.1, -0.05) is 37.8 Å². The van der Waals surface area contributed by atoms with Crippen LogP contribution in [0.25, 0.3) is 10.9 Å². The zero-order valence-electron chi connectivity index (χ0n) is 18.9. The van der Waals surface area contributed by atoms with E-state index >= 15 is 0 Å². The highest BCUT2D eigenvalue weighted by Crippen LogP contribution is 2.33. The van der Waals surface area contributed by atoms with Gasteiger partial charge in [0.1, 0.15) is 5.75 Å². The standard InChI is InChI=1S/C25H33F2N3O.CH4/c1-6-19(8-7-17(2)3)22-15-29(16-24(26)27)11-12-30(22)14-21-20-9-10-28-25(20)18(4)13-23(21)31-5;/h6-10,13,22,24,28H,2,11-12,14-16H2,1,3-5H3;1H4/b8-7-,19-6+;. The van der Waals surface area contributed by atoms with Crippen molar-refractivity contribution in [2.24, 2.45) is 0 Å². The molecule has 32 heavy (non-hydrogen) atoms. The summed E-state index contributed by atoms with van der Waals surface area (Å²) in [5, 5.41) is 1.14. The molecule has 0 aliphatic carbocycles. The highest BCUT2D eigenvalue weighted by Gasteiger charge is 2.31. The average molecular weight is 446 g/mol. The molecule has 176 valence electrons. The summed E-state index contributed by atoms with van der Waals surface area (Å²) in [5.41, 5.74) is 5.43. The van der Waals surface area contributed by atoms with Gasteiger partial charge in [0.2, 0.25) is 0 Å². The quantitative estimate of drug-likeness (QED) is 0.510. The predicted molar refractivity (Wildman–Crippen MR) is 131 cm³/mol. The van der Waals surface area contributed by atoms with Crippen LogP contribution in [-0.2, 0) is 6.54 Å². The first kappa shape index (κ1) is 25.8. The molecule has 1 aromatic heterocycles. The summed E-state index contributed by atoms with van der Waals surface area (Å²) in [7, 11) is 1.70. The van der Waals surface area contributed by atoms with Crippen molar-refractivity contribution < 1.29 is 13.5 Å². The van der Waals surface area contributed by atoms with Crippen molar-refractivity contribution in [1.82, 2.24) is 14.8 Å². The second-order valence-electron chi connectivity index (χ2n) is 8.25. The Morgan fingerprint density at radius 3 is 2.72 bits per heavy atom. The lowest BCUT2D eigenvalue weighted by Gasteiger charge is -2.42. The molecule has 0 spiro atoms. The Morgan fingerprint density at radius 2 is 2.09 bits per heavy atom. The van der Waals surface area contributed by atoms with Crippen molar-refractivity contribution in [3.63, 3.8) is 0 Å². The third-order valence-electron chi connectivity index (χ3n) is 5.94. The fourth-order valence-electron chi connectivity index (χ4n) is 4.37. The van der Waals surface area contributed by atoms with Gasteiger partial charge in [0.15, 0.2) is 0 Å². The molecule has 0 saturated carbocycles. The van der Waals surface area contributed by atoms with Gasteiger partial charge in [-0.05, 0) is 44.0 Å². The van der Waals surface area contributed by atoms with Gasteiger partial charge in [0, 0.05) is 54.9 Å². The fraction of sp³-hybridized carbons (Fsp3) is 0.462. The van der Waals surface area contributed by atoms with Gasteiger partial charge in [0.05, 0.1) is 13.7 Å². The van der Waals surface area contributed by atoms with E-state index in [0.717, 1.165) is 38.9 Å². The molecule has 1 N–H and O–H groups in total. The van der Waals surface area contributed by atoms with Crippen molar-refractivity contribution >= 4 is 10.9 Å². The lowest BCUT2D eigenvalue weighted by molar-refractivity contribution is 0.0358. The number of aromatic nitrogens is 1. The number of benzene rings is 1. The number of nitrogens with zero attached hydrogens (tertiary/aromatic N) is 2. The van der Waals surface area contributed by atoms with E-state index in [1.54, 1.807) is 7.11 Å². The van der Waals surface area contributed by atoms with Gasteiger partial charge in [-0.3, -0.25) is 9.80 Å². The highest BCUT2D eigenvalue weighted by molar-refractivity contribution is 5.88. The highest BCUT2D eigenvalue weighted by atomic mass is 19.3. The molecule has 1 aliphatic rings. The molecule has 0 radical (unpaired) electrons. The summed E-state index contributed by atoms with van der Waals surface area (Å²) in [6, 6.07) is 4.15. The Morgan fingerprint density at radius 1 is 1.34 bits per heavy atom. The largest absolute Gasteiger partial charge is 0.496 e. The van der Waals surface area contributed by atoms with E-state index in [4.69, 9.17) is 4.74 Å². The number of hydrogen-bond acceptors (Lipinski definition) is 3. The van der Waals surface area contributed by atoms with E-state index in [9.17, 15) is 8.78 Å². The van der Waals surface area contributed by atoms with Gasteiger partial charge in [-0.2, -0.15) is 0 Å². The van der Waals surface area contributed by atoms with Gasteiger partial charge < -0.3 is 9.72 Å². The topological polar surface area (TPSA) is 31.5 Å². The summed E-state index contributed by atoms with van der Waals surface area (Å²) in [6.07, 6.45) is 5.73. The molecule has 1 aromatic carbocycles. The van der Waals surface area contributed by atoms with Crippen molar-refractivity contribution in [2.45, 2.75) is 47.2 Å². The smallest absolute Gasteiger partial charge is 0.251 e. The van der Waals surface area contributed by atoms with E-state index in [1.807, 2.05) is 31.0 Å². The number of alkyl halides is 2. The first-order chi connectivity index (χ1) is 14.8. The van der Waals surface area contributed by atoms with E-state index < -0.39 is 6.43 Å². The lowest BCUT2D eigenvalue weighted by Crippen LogP contribution is -2.54. The zero-order chi connectivity index (χ0) is 22.5. The molecule has 1 aliphatic heterocycles. The lowest BCUT2D eigenvalue weighted by atomic mass is 9.98. The van der Waals surface area contributed by atoms with Crippen LogP contribution < -0.4 is 4.74 Å². The number of allylic oxidation sites excluding steroid dienone is 3. The molecule has 0 bridgehead atoms. The molecule has 6 heteroatoms. The predicted octanol–water partition coefficient (Wildman–Crippen LogP) is 5.95. The maximum absolute atomic E-state index is 13.1. The van der Waals surface area contributed by atoms with Gasteiger partial charge in [0.25, 0.3) is 6.43 Å². The summed E-state index contributed by atoms with van der Waals surface area (Å²) in [4.78, 5) is 7.56. The van der Waals surface area contributed by atoms with Crippen molar-refractivity contribution in [3.8, 4) is 5.75 Å². The number of nitrogens with one attached hydrogen (secondary N) is 1. The molecular weight excluding hydrogens is 408 g/mol. The number of piperazine rings is 1. The van der Waals surface area contributed by atoms with E-state index in [0.29, 0.717) is 26.2 Å². The number of aryl methyl sites for hydroxylation is 1.